The van der Waals surface area contributed by atoms with Gasteiger partial charge in [0.1, 0.15) is 0 Å². The van der Waals surface area contributed by atoms with Crippen LogP contribution in [0, 0.1) is 0 Å². The molecular weight excluding hydrogens is 711 g/mol. The van der Waals surface area contributed by atoms with Gasteiger partial charge in [-0.25, -0.2) is 0 Å². The van der Waals surface area contributed by atoms with E-state index in [0.717, 1.165) is 55.3 Å². The maximum absolute atomic E-state index is 9.90. The fourth-order valence-electron chi connectivity index (χ4n) is 7.63. The Bertz CT molecular complexity index is 3390. The molecule has 0 atom stereocenters. The van der Waals surface area contributed by atoms with Crippen molar-refractivity contribution in [3.8, 4) is 66.8 Å². The Morgan fingerprint density at radius 1 is 0.288 bits per heavy atom. The summed E-state index contributed by atoms with van der Waals surface area (Å²) in [6, 6.07) is 61.5. The van der Waals surface area contributed by atoms with Crippen LogP contribution in [-0.2, 0) is 0 Å². The molecule has 0 spiro atoms. The number of benzene rings is 10. The van der Waals surface area contributed by atoms with Gasteiger partial charge in [0.05, 0.1) is 11.0 Å². The SMILES string of the molecule is [2H]c1c([2H])c(-c2cccc3ccccc23)c([2H])c(N(c2ccc(-c3cc(-c4ccccc4)cc(-c4ccccc4)c3)cc2)c2c([2H])c([2H])c(-c3cccc(-c4ccccc4)c3)c([2H])c2[2H])c1[2H]. The smallest absolute Gasteiger partial charge is 0.0651 e. The zero-order valence-electron chi connectivity index (χ0n) is 40.0. The molecule has 10 aromatic rings. The number of hydrogen-bond donors (Lipinski definition) is 0. The van der Waals surface area contributed by atoms with Crippen LogP contribution in [0.3, 0.4) is 0 Å². The Balaban J connectivity index is 1.19. The van der Waals surface area contributed by atoms with Crippen molar-refractivity contribution in [3.05, 3.63) is 249 Å². The maximum atomic E-state index is 9.90. The predicted molar refractivity (Wildman–Crippen MR) is 251 cm³/mol. The van der Waals surface area contributed by atoms with Crippen molar-refractivity contribution in [1.29, 1.82) is 0 Å². The Hall–Kier alpha value is -7.74. The van der Waals surface area contributed by atoms with Crippen LogP contribution in [0.25, 0.3) is 77.5 Å². The van der Waals surface area contributed by atoms with Crippen molar-refractivity contribution in [1.82, 2.24) is 0 Å². The minimum absolute atomic E-state index is 0.107. The van der Waals surface area contributed by atoms with Crippen LogP contribution in [0.1, 0.15) is 11.0 Å². The van der Waals surface area contributed by atoms with E-state index in [1.54, 1.807) is 24.3 Å². The Morgan fingerprint density at radius 2 is 0.763 bits per heavy atom. The lowest BCUT2D eigenvalue weighted by molar-refractivity contribution is 1.28. The van der Waals surface area contributed by atoms with Crippen molar-refractivity contribution in [2.45, 2.75) is 0 Å². The molecule has 0 aliphatic carbocycles. The van der Waals surface area contributed by atoms with E-state index in [0.29, 0.717) is 16.8 Å². The van der Waals surface area contributed by atoms with Crippen molar-refractivity contribution in [3.63, 3.8) is 0 Å². The minimum Gasteiger partial charge on any atom is -0.310 e. The summed E-state index contributed by atoms with van der Waals surface area (Å²) in [4.78, 5) is 1.40. The second-order valence-electron chi connectivity index (χ2n) is 14.3. The summed E-state index contributed by atoms with van der Waals surface area (Å²) < 4.78 is 76.1. The summed E-state index contributed by atoms with van der Waals surface area (Å²) in [6.45, 7) is 0. The van der Waals surface area contributed by atoms with Gasteiger partial charge in [-0.3, -0.25) is 0 Å². The van der Waals surface area contributed by atoms with E-state index >= 15 is 0 Å². The topological polar surface area (TPSA) is 3.24 Å². The normalized spacial score (nSPS) is 12.9. The molecule has 0 aromatic heterocycles. The summed E-state index contributed by atoms with van der Waals surface area (Å²) in [7, 11) is 0. The lowest BCUT2D eigenvalue weighted by atomic mass is 9.93. The monoisotopic (exact) mass is 759 g/mol. The van der Waals surface area contributed by atoms with E-state index in [-0.39, 0.29) is 58.8 Å². The summed E-state index contributed by atoms with van der Waals surface area (Å²) in [5.74, 6) is 0. The third-order valence-corrected chi connectivity index (χ3v) is 10.6. The third kappa shape index (κ3) is 7.46. The molecule has 10 aromatic carbocycles. The third-order valence-electron chi connectivity index (χ3n) is 10.6. The molecule has 10 rings (SSSR count). The van der Waals surface area contributed by atoms with Crippen LogP contribution in [-0.4, -0.2) is 0 Å². The summed E-state index contributed by atoms with van der Waals surface area (Å²) in [6.07, 6.45) is 0. The lowest BCUT2D eigenvalue weighted by Gasteiger charge is -2.26. The maximum Gasteiger partial charge on any atom is 0.0651 e. The molecule has 1 nitrogen and oxygen atoms in total. The first-order valence-electron chi connectivity index (χ1n) is 23.6. The lowest BCUT2D eigenvalue weighted by Crippen LogP contribution is -2.10. The average Bonchev–Trinajstić information content (AvgIpc) is 3.38. The molecule has 0 unspecified atom stereocenters. The highest BCUT2D eigenvalue weighted by Gasteiger charge is 2.16. The second kappa shape index (κ2) is 16.0. The van der Waals surface area contributed by atoms with Gasteiger partial charge in [-0.05, 0) is 138 Å². The minimum atomic E-state index is -0.456. The first-order chi connectivity index (χ1) is 32.6. The first-order valence-corrected chi connectivity index (χ1v) is 19.6. The summed E-state index contributed by atoms with van der Waals surface area (Å²) in [5.41, 5.74) is 8.99. The molecule has 0 saturated carbocycles. The molecule has 0 heterocycles. The number of rotatable bonds is 9. The van der Waals surface area contributed by atoms with Gasteiger partial charge in [0.25, 0.3) is 0 Å². The molecule has 0 saturated heterocycles. The van der Waals surface area contributed by atoms with Gasteiger partial charge in [-0.1, -0.05) is 188 Å². The van der Waals surface area contributed by atoms with Crippen molar-refractivity contribution in [2.24, 2.45) is 0 Å². The average molecular weight is 760 g/mol. The van der Waals surface area contributed by atoms with Crippen molar-refractivity contribution in [2.75, 3.05) is 4.90 Å². The van der Waals surface area contributed by atoms with E-state index in [1.165, 1.54) is 4.90 Å². The van der Waals surface area contributed by atoms with Gasteiger partial charge < -0.3 is 4.90 Å². The molecule has 0 aliphatic heterocycles. The van der Waals surface area contributed by atoms with Crippen LogP contribution in [0.5, 0.6) is 0 Å². The molecule has 0 fully saturated rings. The van der Waals surface area contributed by atoms with Gasteiger partial charge in [0.15, 0.2) is 0 Å². The zero-order chi connectivity index (χ0) is 46.3. The zero-order valence-corrected chi connectivity index (χ0v) is 32.0. The van der Waals surface area contributed by atoms with Crippen molar-refractivity contribution < 1.29 is 11.0 Å². The number of hydrogen-bond acceptors (Lipinski definition) is 1. The fraction of sp³-hybridized carbons (Fsp3) is 0. The molecule has 0 amide bonds. The number of nitrogens with zero attached hydrogens (tertiary/aromatic N) is 1. The van der Waals surface area contributed by atoms with Gasteiger partial charge in [0, 0.05) is 17.1 Å². The van der Waals surface area contributed by atoms with E-state index in [4.69, 9.17) is 0 Å². The van der Waals surface area contributed by atoms with Crippen LogP contribution < -0.4 is 4.90 Å². The van der Waals surface area contributed by atoms with Gasteiger partial charge in [-0.2, -0.15) is 0 Å². The van der Waals surface area contributed by atoms with E-state index < -0.39 is 12.1 Å². The molecule has 0 radical (unpaired) electrons. The van der Waals surface area contributed by atoms with Crippen molar-refractivity contribution >= 4 is 27.8 Å². The molecule has 0 bridgehead atoms. The van der Waals surface area contributed by atoms with Gasteiger partial charge in [0.2, 0.25) is 0 Å². The molecule has 0 N–H and O–H groups in total. The van der Waals surface area contributed by atoms with Crippen LogP contribution in [0.15, 0.2) is 249 Å². The highest BCUT2D eigenvalue weighted by molar-refractivity contribution is 5.97. The molecule has 278 valence electrons. The molecule has 1 heteroatoms. The predicted octanol–water partition coefficient (Wildman–Crippen LogP) is 16.3. The largest absolute Gasteiger partial charge is 0.310 e. The highest BCUT2D eigenvalue weighted by Crippen LogP contribution is 2.40. The van der Waals surface area contributed by atoms with E-state index in [2.05, 4.69) is 42.5 Å². The second-order valence-corrected chi connectivity index (χ2v) is 14.3. The molecule has 59 heavy (non-hydrogen) atoms. The summed E-state index contributed by atoms with van der Waals surface area (Å²) >= 11 is 0. The first kappa shape index (κ1) is 27.8. The molecule has 0 aliphatic rings. The van der Waals surface area contributed by atoms with Gasteiger partial charge >= 0.3 is 0 Å². The van der Waals surface area contributed by atoms with Gasteiger partial charge in [-0.15, -0.1) is 0 Å². The van der Waals surface area contributed by atoms with Crippen LogP contribution in [0.4, 0.5) is 17.1 Å². The Labute approximate surface area is 358 Å². The number of anilines is 3. The number of fused-ring (bicyclic) bond motifs is 1. The Kier molecular flexibility index (Phi) is 7.54. The van der Waals surface area contributed by atoms with E-state index in [1.807, 2.05) is 133 Å². The molecular formula is C58H41N. The van der Waals surface area contributed by atoms with Crippen LogP contribution >= 0.6 is 0 Å². The Morgan fingerprint density at radius 3 is 1.39 bits per heavy atom. The van der Waals surface area contributed by atoms with E-state index in [9.17, 15) is 11.0 Å². The quantitative estimate of drug-likeness (QED) is 0.142. The standard InChI is InChI=1S/C58H41N/c1-4-15-42(16-5-1)48-23-12-24-49(37-48)45-29-33-54(34-30-45)59(56-26-13-25-50(41-56)58-28-14-22-47-21-10-11-27-57(47)58)55-35-31-46(32-36-55)53-39-51(43-17-6-2-7-18-43)38-52(40-53)44-19-8-3-9-20-44/h1-41H/i13D,25D,26D,29D,30D,33D,34D,41D. The summed E-state index contributed by atoms with van der Waals surface area (Å²) in [5, 5.41) is 1.62. The highest BCUT2D eigenvalue weighted by atomic mass is 15.1. The fourth-order valence-corrected chi connectivity index (χ4v) is 7.63. The van der Waals surface area contributed by atoms with Crippen LogP contribution in [0.2, 0.25) is 0 Å².